The van der Waals surface area contributed by atoms with Gasteiger partial charge in [-0.05, 0) is 32.4 Å². The van der Waals surface area contributed by atoms with Gasteiger partial charge in [0.25, 0.3) is 0 Å². The highest BCUT2D eigenvalue weighted by Gasteiger charge is 2.90. The highest BCUT2D eigenvalue weighted by atomic mass is 16.6. The van der Waals surface area contributed by atoms with Crippen LogP contribution >= 0.6 is 0 Å². The summed E-state index contributed by atoms with van der Waals surface area (Å²) in [6.45, 7) is 7.87. The van der Waals surface area contributed by atoms with Crippen molar-refractivity contribution in [1.82, 2.24) is 0 Å². The van der Waals surface area contributed by atoms with Crippen LogP contribution in [0.2, 0.25) is 0 Å². The molecule has 4 rings (SSSR count). The standard InChI is InChI=1S/C17H19NO4/c1-15(2,3)22-14(20)18-11-8-6-5-7-10(11)16(4)12-9-21-13(19)17(12,16)18/h5-8,12H,9H2,1-4H3/t12?,16-,17-/m0/s1. The van der Waals surface area contributed by atoms with E-state index in [0.29, 0.717) is 6.61 Å². The molecule has 1 saturated heterocycles. The SMILES string of the molecule is CC(C)(C)OC(=O)N1c2ccccc2[C@@]2(C)C3COC(=O)[C@]312. The maximum atomic E-state index is 12.8. The third kappa shape index (κ3) is 1.26. The number of carbonyl (C=O) groups is 2. The predicted molar refractivity (Wildman–Crippen MR) is 79.7 cm³/mol. The molecule has 1 unspecified atom stereocenters. The van der Waals surface area contributed by atoms with Crippen LogP contribution in [0.15, 0.2) is 24.3 Å². The summed E-state index contributed by atoms with van der Waals surface area (Å²) in [5.41, 5.74) is -0.111. The van der Waals surface area contributed by atoms with E-state index in [1.807, 2.05) is 52.0 Å². The fraction of sp³-hybridized carbons (Fsp3) is 0.529. The number of nitrogens with zero attached hydrogens (tertiary/aromatic N) is 1. The number of esters is 1. The Bertz CT molecular complexity index is 707. The Hall–Kier alpha value is -2.04. The van der Waals surface area contributed by atoms with Gasteiger partial charge in [0.05, 0.1) is 12.3 Å². The van der Waals surface area contributed by atoms with Gasteiger partial charge in [0.15, 0.2) is 5.54 Å². The average molecular weight is 301 g/mol. The zero-order valence-electron chi connectivity index (χ0n) is 13.2. The summed E-state index contributed by atoms with van der Waals surface area (Å²) in [5, 5.41) is 0. The maximum Gasteiger partial charge on any atom is 0.415 e. The average Bonchev–Trinajstić information content (AvgIpc) is 2.68. The van der Waals surface area contributed by atoms with Crippen LogP contribution in [0, 0.1) is 5.92 Å². The fourth-order valence-corrected chi connectivity index (χ4v) is 4.32. The van der Waals surface area contributed by atoms with Crippen LogP contribution in [-0.4, -0.2) is 29.8 Å². The number of rotatable bonds is 0. The van der Waals surface area contributed by atoms with E-state index >= 15 is 0 Å². The molecular formula is C17H19NO4. The van der Waals surface area contributed by atoms with E-state index < -0.39 is 17.2 Å². The Morgan fingerprint density at radius 3 is 2.73 bits per heavy atom. The number of fused-ring (bicyclic) bond motifs is 3. The lowest BCUT2D eigenvalue weighted by atomic mass is 9.93. The van der Waals surface area contributed by atoms with Crippen molar-refractivity contribution in [2.45, 2.75) is 44.2 Å². The topological polar surface area (TPSA) is 55.8 Å². The minimum Gasteiger partial charge on any atom is -0.463 e. The van der Waals surface area contributed by atoms with Crippen LogP contribution in [0.4, 0.5) is 10.5 Å². The monoisotopic (exact) mass is 301 g/mol. The number of hydrogen-bond acceptors (Lipinski definition) is 4. The first kappa shape index (κ1) is 13.6. The second kappa shape index (κ2) is 3.65. The highest BCUT2D eigenvalue weighted by molar-refractivity contribution is 6.10. The Morgan fingerprint density at radius 1 is 1.36 bits per heavy atom. The number of benzene rings is 1. The van der Waals surface area contributed by atoms with Crippen LogP contribution in [0.1, 0.15) is 33.3 Å². The van der Waals surface area contributed by atoms with Crippen LogP contribution in [0.5, 0.6) is 0 Å². The minimum atomic E-state index is -0.918. The minimum absolute atomic E-state index is 0.00918. The zero-order chi connectivity index (χ0) is 15.9. The van der Waals surface area contributed by atoms with Crippen LogP contribution in [-0.2, 0) is 19.7 Å². The van der Waals surface area contributed by atoms with E-state index in [1.54, 1.807) is 0 Å². The molecule has 3 atom stereocenters. The van der Waals surface area contributed by atoms with Gasteiger partial charge in [-0.15, -0.1) is 0 Å². The summed E-state index contributed by atoms with van der Waals surface area (Å²) in [6.07, 6.45) is -0.481. The third-order valence-corrected chi connectivity index (χ3v) is 5.24. The van der Waals surface area contributed by atoms with Crippen molar-refractivity contribution >= 4 is 17.7 Å². The van der Waals surface area contributed by atoms with E-state index in [9.17, 15) is 9.59 Å². The van der Waals surface area contributed by atoms with Crippen molar-refractivity contribution in [2.24, 2.45) is 5.92 Å². The fourth-order valence-electron chi connectivity index (χ4n) is 4.32. The number of carbonyl (C=O) groups excluding carboxylic acids is 2. The van der Waals surface area contributed by atoms with E-state index in [2.05, 4.69) is 0 Å². The number of hydrogen-bond donors (Lipinski definition) is 0. The van der Waals surface area contributed by atoms with Gasteiger partial charge in [-0.1, -0.05) is 25.1 Å². The van der Waals surface area contributed by atoms with Crippen molar-refractivity contribution in [3.8, 4) is 0 Å². The largest absolute Gasteiger partial charge is 0.463 e. The lowest BCUT2D eigenvalue weighted by Crippen LogP contribution is -2.49. The van der Waals surface area contributed by atoms with Crippen molar-refractivity contribution < 1.29 is 19.1 Å². The quantitative estimate of drug-likeness (QED) is 0.691. The molecule has 1 saturated carbocycles. The Balaban J connectivity index is 1.86. The van der Waals surface area contributed by atoms with Crippen LogP contribution in [0.3, 0.4) is 0 Å². The van der Waals surface area contributed by atoms with Gasteiger partial charge < -0.3 is 9.47 Å². The second-order valence-corrected chi connectivity index (χ2v) is 7.45. The Morgan fingerprint density at radius 2 is 2.05 bits per heavy atom. The molecule has 0 bridgehead atoms. The molecule has 1 aromatic carbocycles. The smallest absolute Gasteiger partial charge is 0.415 e. The molecule has 0 N–H and O–H groups in total. The lowest BCUT2D eigenvalue weighted by molar-refractivity contribution is -0.142. The van der Waals surface area contributed by atoms with Gasteiger partial charge in [0.2, 0.25) is 0 Å². The molecule has 0 radical (unpaired) electrons. The second-order valence-electron chi connectivity index (χ2n) is 7.45. The van der Waals surface area contributed by atoms with Gasteiger partial charge in [-0.2, -0.15) is 0 Å². The number of amides is 1. The van der Waals surface area contributed by atoms with E-state index in [-0.39, 0.29) is 17.3 Å². The number of ether oxygens (including phenoxy) is 2. The Kier molecular flexibility index (Phi) is 2.26. The van der Waals surface area contributed by atoms with E-state index in [4.69, 9.17) is 9.47 Å². The van der Waals surface area contributed by atoms with Gasteiger partial charge in [-0.25, -0.2) is 9.59 Å². The highest BCUT2D eigenvalue weighted by Crippen LogP contribution is 2.75. The van der Waals surface area contributed by atoms with E-state index in [1.165, 1.54) is 4.90 Å². The molecule has 2 heterocycles. The van der Waals surface area contributed by atoms with Crippen LogP contribution in [0.25, 0.3) is 0 Å². The summed E-state index contributed by atoms with van der Waals surface area (Å²) in [6, 6.07) is 7.67. The molecule has 0 aromatic heterocycles. The first-order valence-corrected chi connectivity index (χ1v) is 7.54. The van der Waals surface area contributed by atoms with Gasteiger partial charge in [-0.3, -0.25) is 4.90 Å². The maximum absolute atomic E-state index is 12.8. The molecule has 2 fully saturated rings. The van der Waals surface area contributed by atoms with Crippen molar-refractivity contribution in [3.05, 3.63) is 29.8 Å². The normalized spacial score (nSPS) is 34.6. The van der Waals surface area contributed by atoms with Gasteiger partial charge in [0, 0.05) is 11.3 Å². The number of anilines is 1. The number of cyclic esters (lactones) is 1. The van der Waals surface area contributed by atoms with Gasteiger partial charge >= 0.3 is 12.1 Å². The summed E-state index contributed by atoms with van der Waals surface area (Å²) >= 11 is 0. The Labute approximate surface area is 129 Å². The van der Waals surface area contributed by atoms with Crippen molar-refractivity contribution in [3.63, 3.8) is 0 Å². The van der Waals surface area contributed by atoms with Crippen molar-refractivity contribution in [2.75, 3.05) is 11.5 Å². The molecule has 1 spiro atoms. The third-order valence-electron chi connectivity index (χ3n) is 5.24. The summed E-state index contributed by atoms with van der Waals surface area (Å²) in [5.74, 6) is -0.308. The summed E-state index contributed by atoms with van der Waals surface area (Å²) < 4.78 is 10.8. The van der Waals surface area contributed by atoms with Gasteiger partial charge in [0.1, 0.15) is 5.60 Å². The molecule has 22 heavy (non-hydrogen) atoms. The summed E-state index contributed by atoms with van der Waals surface area (Å²) in [4.78, 5) is 26.8. The molecular weight excluding hydrogens is 282 g/mol. The molecule has 1 aliphatic carbocycles. The molecule has 3 aliphatic rings. The molecule has 5 heteroatoms. The molecule has 2 aliphatic heterocycles. The molecule has 116 valence electrons. The lowest BCUT2D eigenvalue weighted by Gasteiger charge is -2.29. The first-order chi connectivity index (χ1) is 10.2. The molecule has 5 nitrogen and oxygen atoms in total. The first-order valence-electron chi connectivity index (χ1n) is 7.54. The molecule has 1 amide bonds. The number of para-hydroxylation sites is 1. The van der Waals surface area contributed by atoms with Crippen molar-refractivity contribution in [1.29, 1.82) is 0 Å². The summed E-state index contributed by atoms with van der Waals surface area (Å²) in [7, 11) is 0. The van der Waals surface area contributed by atoms with Crippen LogP contribution < -0.4 is 4.90 Å². The zero-order valence-corrected chi connectivity index (χ0v) is 13.2. The van der Waals surface area contributed by atoms with E-state index in [0.717, 1.165) is 11.3 Å². The molecule has 1 aromatic rings. The predicted octanol–water partition coefficient (Wildman–Crippen LogP) is 2.62.